The highest BCUT2D eigenvalue weighted by atomic mass is 19.4. The molecule has 1 aromatic carbocycles. The van der Waals surface area contributed by atoms with Crippen LogP contribution < -0.4 is 10.6 Å². The molecule has 0 saturated carbocycles. The summed E-state index contributed by atoms with van der Waals surface area (Å²) >= 11 is 0. The standard InChI is InChI=1S/C15H14F3N3O/c16-15(17,18)10-6-11(20-8-10)13-5-9-3-1-2-4-12(9)21(13)14(22)7-19/h1-4,8,13H,5-7,19H2. The molecule has 2 aliphatic rings. The minimum Gasteiger partial charge on any atom is -0.322 e. The number of nitrogens with zero attached hydrogens (tertiary/aromatic N) is 2. The van der Waals surface area contributed by atoms with E-state index in [0.29, 0.717) is 17.8 Å². The number of rotatable bonds is 2. The predicted octanol–water partition coefficient (Wildman–Crippen LogP) is 2.19. The molecule has 22 heavy (non-hydrogen) atoms. The fraction of sp³-hybridized carbons (Fsp3) is 0.333. The maximum Gasteiger partial charge on any atom is 0.414 e. The van der Waals surface area contributed by atoms with Crippen molar-refractivity contribution >= 4 is 17.3 Å². The number of carbonyl (C=O) groups excluding carboxylic acids is 1. The first-order valence-electron chi connectivity index (χ1n) is 6.84. The van der Waals surface area contributed by atoms with Crippen molar-refractivity contribution in [3.63, 3.8) is 0 Å². The lowest BCUT2D eigenvalue weighted by atomic mass is 10.0. The zero-order valence-corrected chi connectivity index (χ0v) is 11.6. The van der Waals surface area contributed by atoms with Crippen molar-refractivity contribution in [2.75, 3.05) is 11.4 Å². The Morgan fingerprint density at radius 3 is 2.73 bits per heavy atom. The molecule has 4 nitrogen and oxygen atoms in total. The van der Waals surface area contributed by atoms with E-state index in [4.69, 9.17) is 5.73 Å². The Balaban J connectivity index is 1.88. The average molecular weight is 309 g/mol. The second kappa shape index (κ2) is 5.24. The lowest BCUT2D eigenvalue weighted by Crippen LogP contribution is -2.45. The van der Waals surface area contributed by atoms with Gasteiger partial charge in [0, 0.05) is 30.4 Å². The highest BCUT2D eigenvalue weighted by Gasteiger charge is 2.42. The smallest absolute Gasteiger partial charge is 0.322 e. The first-order valence-corrected chi connectivity index (χ1v) is 6.84. The zero-order valence-electron chi connectivity index (χ0n) is 11.6. The maximum atomic E-state index is 12.8. The van der Waals surface area contributed by atoms with E-state index < -0.39 is 17.8 Å². The Kier molecular flexibility index (Phi) is 3.52. The third-order valence-electron chi connectivity index (χ3n) is 3.93. The minimum atomic E-state index is -4.39. The van der Waals surface area contributed by atoms with Crippen LogP contribution in [0, 0.1) is 0 Å². The Morgan fingerprint density at radius 2 is 2.09 bits per heavy atom. The molecule has 1 unspecified atom stereocenters. The molecule has 0 bridgehead atoms. The van der Waals surface area contributed by atoms with Crippen molar-refractivity contribution in [3.8, 4) is 0 Å². The molecule has 116 valence electrons. The van der Waals surface area contributed by atoms with Crippen LogP contribution in [0.1, 0.15) is 12.0 Å². The predicted molar refractivity (Wildman–Crippen MR) is 76.7 cm³/mol. The molecule has 0 spiro atoms. The number of halogens is 3. The van der Waals surface area contributed by atoms with Gasteiger partial charge in [0.25, 0.3) is 0 Å². The number of fused-ring (bicyclic) bond motifs is 1. The summed E-state index contributed by atoms with van der Waals surface area (Å²) in [6.07, 6.45) is -3.36. The van der Waals surface area contributed by atoms with Crippen molar-refractivity contribution < 1.29 is 18.0 Å². The Labute approximate surface area is 125 Å². The third kappa shape index (κ3) is 2.41. The van der Waals surface area contributed by atoms with Gasteiger partial charge in [-0.1, -0.05) is 18.2 Å². The zero-order chi connectivity index (χ0) is 15.9. The maximum absolute atomic E-state index is 12.8. The Hall–Kier alpha value is -2.15. The number of alkyl halides is 3. The van der Waals surface area contributed by atoms with Gasteiger partial charge < -0.3 is 10.6 Å². The number of allylic oxidation sites excluding steroid dienone is 1. The van der Waals surface area contributed by atoms with Gasteiger partial charge in [0.1, 0.15) is 0 Å². The van der Waals surface area contributed by atoms with Gasteiger partial charge in [0.2, 0.25) is 5.91 Å². The van der Waals surface area contributed by atoms with E-state index in [1.807, 2.05) is 12.1 Å². The normalized spacial score (nSPS) is 20.7. The highest BCUT2D eigenvalue weighted by molar-refractivity contribution is 6.07. The molecule has 1 aromatic rings. The number of anilines is 1. The van der Waals surface area contributed by atoms with Crippen LogP contribution in [0.5, 0.6) is 0 Å². The van der Waals surface area contributed by atoms with E-state index in [1.54, 1.807) is 12.1 Å². The molecule has 2 heterocycles. The minimum absolute atomic E-state index is 0.197. The van der Waals surface area contributed by atoms with E-state index in [2.05, 4.69) is 4.99 Å². The van der Waals surface area contributed by atoms with Crippen LogP contribution in [0.15, 0.2) is 41.0 Å². The van der Waals surface area contributed by atoms with Crippen molar-refractivity contribution in [3.05, 3.63) is 41.6 Å². The summed E-state index contributed by atoms with van der Waals surface area (Å²) in [5.74, 6) is -0.321. The van der Waals surface area contributed by atoms with Gasteiger partial charge in [-0.2, -0.15) is 13.2 Å². The Bertz CT molecular complexity index is 679. The molecule has 0 fully saturated rings. The molecular weight excluding hydrogens is 295 g/mol. The second-order valence-corrected chi connectivity index (χ2v) is 5.27. The molecule has 1 amide bonds. The molecule has 3 rings (SSSR count). The van der Waals surface area contributed by atoms with Gasteiger partial charge in [0.15, 0.2) is 0 Å². The lowest BCUT2D eigenvalue weighted by molar-refractivity contribution is -0.117. The number of hydrogen-bond donors (Lipinski definition) is 1. The molecule has 7 heteroatoms. The summed E-state index contributed by atoms with van der Waals surface area (Å²) in [5, 5.41) is 0. The molecule has 0 radical (unpaired) electrons. The van der Waals surface area contributed by atoms with Crippen LogP contribution in [0.2, 0.25) is 0 Å². The molecule has 2 aliphatic heterocycles. The van der Waals surface area contributed by atoms with Crippen LogP contribution in [-0.2, 0) is 11.2 Å². The first-order chi connectivity index (χ1) is 10.4. The van der Waals surface area contributed by atoms with Crippen molar-refractivity contribution in [1.29, 1.82) is 0 Å². The van der Waals surface area contributed by atoms with Crippen molar-refractivity contribution in [2.45, 2.75) is 25.1 Å². The van der Waals surface area contributed by atoms with E-state index >= 15 is 0 Å². The first kappa shape index (κ1) is 14.8. The SMILES string of the molecule is NCC(=O)N1c2ccccc2CC1C1=NC=C(C(F)(F)F)C1. The number of amides is 1. The van der Waals surface area contributed by atoms with Gasteiger partial charge in [0.05, 0.1) is 18.2 Å². The number of nitrogens with two attached hydrogens (primary N) is 1. The van der Waals surface area contributed by atoms with Crippen molar-refractivity contribution in [1.82, 2.24) is 0 Å². The summed E-state index contributed by atoms with van der Waals surface area (Å²) in [5.41, 5.74) is 6.73. The summed E-state index contributed by atoms with van der Waals surface area (Å²) in [6.45, 7) is -0.197. The number of para-hydroxylation sites is 1. The molecule has 0 aromatic heterocycles. The fourth-order valence-electron chi connectivity index (χ4n) is 2.88. The van der Waals surface area contributed by atoms with E-state index in [0.717, 1.165) is 11.8 Å². The topological polar surface area (TPSA) is 58.7 Å². The van der Waals surface area contributed by atoms with Crippen LogP contribution in [0.3, 0.4) is 0 Å². The molecule has 0 aliphatic carbocycles. The van der Waals surface area contributed by atoms with Crippen LogP contribution in [0.4, 0.5) is 18.9 Å². The Morgan fingerprint density at radius 1 is 1.36 bits per heavy atom. The third-order valence-corrected chi connectivity index (χ3v) is 3.93. The summed E-state index contributed by atoms with van der Waals surface area (Å²) in [4.78, 5) is 17.5. The molecule has 2 N–H and O–H groups in total. The van der Waals surface area contributed by atoms with E-state index in [-0.39, 0.29) is 18.9 Å². The highest BCUT2D eigenvalue weighted by Crippen LogP contribution is 2.37. The van der Waals surface area contributed by atoms with Crippen LogP contribution >= 0.6 is 0 Å². The van der Waals surface area contributed by atoms with E-state index in [9.17, 15) is 18.0 Å². The molecule has 1 atom stereocenters. The second-order valence-electron chi connectivity index (χ2n) is 5.27. The van der Waals surface area contributed by atoms with Crippen molar-refractivity contribution in [2.24, 2.45) is 10.7 Å². The summed E-state index contributed by atoms with van der Waals surface area (Å²) in [6, 6.07) is 6.76. The number of aliphatic imine (C=N–C) groups is 1. The van der Waals surface area contributed by atoms with E-state index in [1.165, 1.54) is 4.90 Å². The molecular formula is C15H14F3N3O. The van der Waals surface area contributed by atoms with Crippen LogP contribution in [0.25, 0.3) is 0 Å². The van der Waals surface area contributed by atoms with Gasteiger partial charge in [-0.3, -0.25) is 9.79 Å². The monoisotopic (exact) mass is 309 g/mol. The van der Waals surface area contributed by atoms with Crippen LogP contribution in [-0.4, -0.2) is 30.4 Å². The van der Waals surface area contributed by atoms with Gasteiger partial charge >= 0.3 is 6.18 Å². The van der Waals surface area contributed by atoms with Gasteiger partial charge in [-0.25, -0.2) is 0 Å². The number of hydrogen-bond acceptors (Lipinski definition) is 3. The number of carbonyl (C=O) groups is 1. The number of benzene rings is 1. The average Bonchev–Trinajstić information content (AvgIpc) is 3.10. The van der Waals surface area contributed by atoms with Gasteiger partial charge in [-0.05, 0) is 11.6 Å². The summed E-state index contributed by atoms with van der Waals surface area (Å²) in [7, 11) is 0. The quantitative estimate of drug-likeness (QED) is 0.910. The van der Waals surface area contributed by atoms with Gasteiger partial charge in [-0.15, -0.1) is 0 Å². The fourth-order valence-corrected chi connectivity index (χ4v) is 2.88. The summed E-state index contributed by atoms with van der Waals surface area (Å²) < 4.78 is 38.3. The lowest BCUT2D eigenvalue weighted by Gasteiger charge is -2.25. The largest absolute Gasteiger partial charge is 0.414 e. The molecule has 0 saturated heterocycles.